The molecule has 10 heteroatoms. The molecule has 2 heterocycles. The van der Waals surface area contributed by atoms with Gasteiger partial charge in [0.25, 0.3) is 5.56 Å². The highest BCUT2D eigenvalue weighted by Gasteiger charge is 2.35. The average molecular weight is 271 g/mol. The quantitative estimate of drug-likeness (QED) is 0.441. The molecule has 0 amide bonds. The van der Waals surface area contributed by atoms with Crippen LogP contribution in [0.15, 0.2) is 20.9 Å². The van der Waals surface area contributed by atoms with Gasteiger partial charge in [-0.2, -0.15) is 4.39 Å². The Bertz CT molecular complexity index is 634. The maximum Gasteiger partial charge on any atom is 0.330 e. The largest absolute Gasteiger partial charge is 0.394 e. The van der Waals surface area contributed by atoms with Gasteiger partial charge in [-0.15, -0.1) is 0 Å². The number of hydrogen-bond acceptors (Lipinski definition) is 5. The Morgan fingerprint density at radius 1 is 1.68 bits per heavy atom. The Morgan fingerprint density at radius 2 is 2.42 bits per heavy atom. The fourth-order valence-electron chi connectivity index (χ4n) is 1.91. The number of halogens is 1. The minimum absolute atomic E-state index is 0.0979. The Hall–Kier alpha value is -2.16. The highest BCUT2D eigenvalue weighted by Crippen LogP contribution is 2.29. The highest BCUT2D eigenvalue weighted by atomic mass is 19.1. The van der Waals surface area contributed by atoms with Crippen molar-refractivity contribution in [3.05, 3.63) is 43.3 Å². The van der Waals surface area contributed by atoms with Gasteiger partial charge in [-0.25, -0.2) is 4.79 Å². The van der Waals surface area contributed by atoms with E-state index < -0.39 is 42.0 Å². The lowest BCUT2D eigenvalue weighted by Gasteiger charge is -2.14. The van der Waals surface area contributed by atoms with Crippen LogP contribution in [0, 0.1) is 5.82 Å². The topological polar surface area (TPSA) is 133 Å². The number of H-pyrrole nitrogens is 1. The first-order chi connectivity index (χ1) is 9.06. The van der Waals surface area contributed by atoms with E-state index in [4.69, 9.17) is 15.4 Å². The molecule has 1 saturated heterocycles. The zero-order chi connectivity index (χ0) is 14.0. The Kier molecular flexibility index (Phi) is 3.65. The second-order valence-corrected chi connectivity index (χ2v) is 3.96. The predicted octanol–water partition coefficient (Wildman–Crippen LogP) is -0.366. The van der Waals surface area contributed by atoms with Crippen molar-refractivity contribution < 1.29 is 14.2 Å². The molecule has 1 unspecified atom stereocenters. The normalized spacial score (nSPS) is 26.1. The molecule has 0 spiro atoms. The SMILES string of the molecule is [N-]=[N+]=NC1C[C@H](n2cc(F)c(=O)[nH]c2=O)O[C@@H]1CO. The number of aliphatic hydroxyl groups is 1. The van der Waals surface area contributed by atoms with Crippen LogP contribution in [0.4, 0.5) is 4.39 Å². The third kappa shape index (κ3) is 2.50. The maximum atomic E-state index is 13.1. The van der Waals surface area contributed by atoms with Gasteiger partial charge in [0, 0.05) is 11.3 Å². The van der Waals surface area contributed by atoms with E-state index in [0.717, 1.165) is 10.8 Å². The van der Waals surface area contributed by atoms with Gasteiger partial charge in [0.05, 0.1) is 24.9 Å². The summed E-state index contributed by atoms with van der Waals surface area (Å²) in [5.74, 6) is -1.13. The standard InChI is InChI=1S/C9H10FN5O4/c10-4-2-15(9(18)12-8(4)17)7-1-5(13-14-11)6(3-16)19-7/h2,5-7,16H,1,3H2,(H,12,17,18)/t5?,6-,7-/m1/s1. The van der Waals surface area contributed by atoms with Gasteiger partial charge in [-0.3, -0.25) is 14.3 Å². The van der Waals surface area contributed by atoms with Crippen LogP contribution in [0.3, 0.4) is 0 Å². The number of aromatic nitrogens is 2. The van der Waals surface area contributed by atoms with E-state index in [1.54, 1.807) is 4.98 Å². The van der Waals surface area contributed by atoms with Gasteiger partial charge in [0.15, 0.2) is 0 Å². The van der Waals surface area contributed by atoms with Crippen LogP contribution in [0.2, 0.25) is 0 Å². The number of hydrogen-bond donors (Lipinski definition) is 2. The average Bonchev–Trinajstić information content (AvgIpc) is 2.77. The van der Waals surface area contributed by atoms with E-state index in [-0.39, 0.29) is 6.42 Å². The van der Waals surface area contributed by atoms with Gasteiger partial charge in [0.2, 0.25) is 5.82 Å². The molecule has 0 bridgehead atoms. The Balaban J connectivity index is 2.34. The first-order valence-corrected chi connectivity index (χ1v) is 5.38. The third-order valence-electron chi connectivity index (χ3n) is 2.82. The first-order valence-electron chi connectivity index (χ1n) is 5.38. The molecule has 2 rings (SSSR count). The second kappa shape index (κ2) is 5.22. The number of nitrogens with one attached hydrogen (secondary N) is 1. The molecule has 2 N–H and O–H groups in total. The summed E-state index contributed by atoms with van der Waals surface area (Å²) in [4.78, 5) is 26.8. The number of azide groups is 1. The molecule has 102 valence electrons. The Morgan fingerprint density at radius 3 is 3.05 bits per heavy atom. The van der Waals surface area contributed by atoms with Gasteiger partial charge < -0.3 is 9.84 Å². The third-order valence-corrected chi connectivity index (χ3v) is 2.82. The van der Waals surface area contributed by atoms with Crippen LogP contribution in [0.25, 0.3) is 10.4 Å². The summed E-state index contributed by atoms with van der Waals surface area (Å²) in [5.41, 5.74) is 6.42. The monoisotopic (exact) mass is 271 g/mol. The summed E-state index contributed by atoms with van der Waals surface area (Å²) in [7, 11) is 0. The fourth-order valence-corrected chi connectivity index (χ4v) is 1.91. The molecule has 1 aliphatic rings. The van der Waals surface area contributed by atoms with Crippen molar-refractivity contribution in [2.45, 2.75) is 24.8 Å². The van der Waals surface area contributed by atoms with Gasteiger partial charge >= 0.3 is 5.69 Å². The van der Waals surface area contributed by atoms with Crippen molar-refractivity contribution >= 4 is 0 Å². The lowest BCUT2D eigenvalue weighted by atomic mass is 10.1. The number of nitrogens with zero attached hydrogens (tertiary/aromatic N) is 4. The molecule has 0 aliphatic carbocycles. The van der Waals surface area contributed by atoms with Crippen molar-refractivity contribution in [1.82, 2.24) is 9.55 Å². The molecule has 1 aromatic heterocycles. The number of aliphatic hydroxyl groups excluding tert-OH is 1. The summed E-state index contributed by atoms with van der Waals surface area (Å²) >= 11 is 0. The highest BCUT2D eigenvalue weighted by molar-refractivity contribution is 4.92. The molecule has 9 nitrogen and oxygen atoms in total. The van der Waals surface area contributed by atoms with Crippen LogP contribution in [0.5, 0.6) is 0 Å². The summed E-state index contributed by atoms with van der Waals surface area (Å²) in [6.45, 7) is -0.402. The minimum Gasteiger partial charge on any atom is -0.394 e. The molecule has 0 aromatic carbocycles. The summed E-state index contributed by atoms with van der Waals surface area (Å²) in [6, 6.07) is -0.665. The van der Waals surface area contributed by atoms with Crippen LogP contribution >= 0.6 is 0 Å². The molecule has 0 radical (unpaired) electrons. The van der Waals surface area contributed by atoms with Crippen molar-refractivity contribution in [3.8, 4) is 0 Å². The molecule has 19 heavy (non-hydrogen) atoms. The van der Waals surface area contributed by atoms with Crippen molar-refractivity contribution in [3.63, 3.8) is 0 Å². The first kappa shape index (κ1) is 13.3. The van der Waals surface area contributed by atoms with E-state index in [0.29, 0.717) is 0 Å². The van der Waals surface area contributed by atoms with Crippen LogP contribution in [-0.4, -0.2) is 33.4 Å². The van der Waals surface area contributed by atoms with E-state index >= 15 is 0 Å². The maximum absolute atomic E-state index is 13.1. The van der Waals surface area contributed by atoms with Crippen molar-refractivity contribution in [1.29, 1.82) is 0 Å². The summed E-state index contributed by atoms with van der Waals surface area (Å²) < 4.78 is 19.3. The van der Waals surface area contributed by atoms with Gasteiger partial charge in [0.1, 0.15) is 6.23 Å². The van der Waals surface area contributed by atoms with Crippen LogP contribution in [-0.2, 0) is 4.74 Å². The molecule has 1 fully saturated rings. The van der Waals surface area contributed by atoms with Crippen molar-refractivity contribution in [2.75, 3.05) is 6.61 Å². The summed E-state index contributed by atoms with van der Waals surface area (Å²) in [6.07, 6.45) is -0.867. The Labute approximate surface area is 104 Å². The predicted molar refractivity (Wildman–Crippen MR) is 59.8 cm³/mol. The number of rotatable bonds is 3. The minimum atomic E-state index is -1.13. The van der Waals surface area contributed by atoms with Crippen LogP contribution in [0.1, 0.15) is 12.6 Å². The molecule has 1 aliphatic heterocycles. The molecular formula is C9H10FN5O4. The smallest absolute Gasteiger partial charge is 0.330 e. The molecule has 3 atom stereocenters. The zero-order valence-corrected chi connectivity index (χ0v) is 9.56. The molecule has 1 aromatic rings. The van der Waals surface area contributed by atoms with Crippen molar-refractivity contribution in [2.24, 2.45) is 5.11 Å². The van der Waals surface area contributed by atoms with E-state index in [9.17, 15) is 14.0 Å². The number of ether oxygens (including phenoxy) is 1. The lowest BCUT2D eigenvalue weighted by molar-refractivity contribution is -0.0275. The lowest BCUT2D eigenvalue weighted by Crippen LogP contribution is -2.34. The summed E-state index contributed by atoms with van der Waals surface area (Å²) in [5, 5.41) is 12.5. The van der Waals surface area contributed by atoms with E-state index in [1.165, 1.54) is 0 Å². The van der Waals surface area contributed by atoms with Crippen LogP contribution < -0.4 is 11.2 Å². The molecular weight excluding hydrogens is 261 g/mol. The fraction of sp³-hybridized carbons (Fsp3) is 0.556. The van der Waals surface area contributed by atoms with Gasteiger partial charge in [-0.05, 0) is 5.53 Å². The number of aromatic amines is 1. The van der Waals surface area contributed by atoms with E-state index in [2.05, 4.69) is 10.0 Å². The second-order valence-electron chi connectivity index (χ2n) is 3.96. The zero-order valence-electron chi connectivity index (χ0n) is 9.56. The molecule has 0 saturated carbocycles. The van der Waals surface area contributed by atoms with Gasteiger partial charge in [-0.1, -0.05) is 5.11 Å². The van der Waals surface area contributed by atoms with E-state index in [1.807, 2.05) is 0 Å².